The summed E-state index contributed by atoms with van der Waals surface area (Å²) >= 11 is 3.28. The third-order valence-corrected chi connectivity index (χ3v) is 2.76. The van der Waals surface area contributed by atoms with Gasteiger partial charge in [0.15, 0.2) is 16.8 Å². The number of benzene rings is 1. The molecule has 0 unspecified atom stereocenters. The Morgan fingerprint density at radius 2 is 2.06 bits per heavy atom. The lowest BCUT2D eigenvalue weighted by Gasteiger charge is -2.03. The molecule has 0 spiro atoms. The second-order valence-electron chi connectivity index (χ2n) is 3.46. The number of amides is 1. The summed E-state index contributed by atoms with van der Waals surface area (Å²) in [5, 5.41) is 0.428. The number of nitrogens with two attached hydrogens (primary N) is 1. The highest BCUT2D eigenvalue weighted by atomic mass is 79.9. The number of primary amides is 1. The summed E-state index contributed by atoms with van der Waals surface area (Å²) in [6.45, 7) is 1.87. The smallest absolute Gasteiger partial charge is 0.284 e. The van der Waals surface area contributed by atoms with E-state index in [1.165, 1.54) is 0 Å². The Balaban J connectivity index is 2.93. The lowest BCUT2D eigenvalue weighted by Crippen LogP contribution is -2.14. The molecule has 5 heteroatoms. The zero-order valence-corrected chi connectivity index (χ0v) is 10.00. The number of carbonyl (C=O) groups excluding carboxylic acids is 1. The van der Waals surface area contributed by atoms with Gasteiger partial charge in [0.25, 0.3) is 5.91 Å². The number of halogens is 1. The molecule has 0 bridgehead atoms. The number of aryl methyl sites for hydroxylation is 1. The van der Waals surface area contributed by atoms with Gasteiger partial charge in [-0.15, -0.1) is 0 Å². The number of fused-ring (bicyclic) bond motifs is 1. The van der Waals surface area contributed by atoms with Crippen molar-refractivity contribution in [1.29, 1.82) is 0 Å². The molecule has 0 saturated heterocycles. The van der Waals surface area contributed by atoms with E-state index in [4.69, 9.17) is 10.2 Å². The predicted molar refractivity (Wildman–Crippen MR) is 63.4 cm³/mol. The minimum Gasteiger partial charge on any atom is -0.449 e. The largest absolute Gasteiger partial charge is 0.449 e. The first-order valence-electron chi connectivity index (χ1n) is 4.53. The molecule has 0 aliphatic rings. The molecule has 0 aliphatic carbocycles. The molecular formula is C11H8BrNO3. The first-order chi connectivity index (χ1) is 7.49. The summed E-state index contributed by atoms with van der Waals surface area (Å²) in [5.74, 6) is -0.895. The molecule has 0 aliphatic heterocycles. The molecule has 0 atom stereocenters. The highest BCUT2D eigenvalue weighted by Gasteiger charge is 2.11. The Morgan fingerprint density at radius 3 is 2.69 bits per heavy atom. The van der Waals surface area contributed by atoms with Crippen LogP contribution in [0.3, 0.4) is 0 Å². The quantitative estimate of drug-likeness (QED) is 0.868. The van der Waals surface area contributed by atoms with Crippen molar-refractivity contribution >= 4 is 32.8 Å². The van der Waals surface area contributed by atoms with Gasteiger partial charge in [-0.2, -0.15) is 0 Å². The molecule has 0 radical (unpaired) electrons. The van der Waals surface area contributed by atoms with Gasteiger partial charge in [-0.25, -0.2) is 0 Å². The number of carbonyl (C=O) groups is 1. The van der Waals surface area contributed by atoms with E-state index in [-0.39, 0.29) is 11.2 Å². The van der Waals surface area contributed by atoms with Crippen molar-refractivity contribution < 1.29 is 9.21 Å². The standard InChI is InChI=1S/C11H8BrNO3/c1-5-2-6-8(14)4-9(11(13)15)16-10(6)7(12)3-5/h2-4H,1H3,(H2,13,15). The van der Waals surface area contributed by atoms with Crippen molar-refractivity contribution in [3.63, 3.8) is 0 Å². The number of hydrogen-bond acceptors (Lipinski definition) is 3. The van der Waals surface area contributed by atoms with E-state index >= 15 is 0 Å². The first-order valence-corrected chi connectivity index (χ1v) is 5.32. The Labute approximate surface area is 99.2 Å². The van der Waals surface area contributed by atoms with E-state index < -0.39 is 5.91 Å². The summed E-state index contributed by atoms with van der Waals surface area (Å²) in [4.78, 5) is 22.7. The second-order valence-corrected chi connectivity index (χ2v) is 4.32. The molecule has 1 amide bonds. The fraction of sp³-hybridized carbons (Fsp3) is 0.0909. The van der Waals surface area contributed by atoms with Crippen molar-refractivity contribution in [3.05, 3.63) is 44.2 Å². The van der Waals surface area contributed by atoms with Crippen molar-refractivity contribution in [3.8, 4) is 0 Å². The van der Waals surface area contributed by atoms with Crippen LogP contribution in [-0.2, 0) is 0 Å². The van der Waals surface area contributed by atoms with Crippen LogP contribution in [0.1, 0.15) is 16.1 Å². The maximum absolute atomic E-state index is 11.7. The van der Waals surface area contributed by atoms with Gasteiger partial charge in [-0.05, 0) is 40.5 Å². The van der Waals surface area contributed by atoms with E-state index in [0.29, 0.717) is 15.4 Å². The van der Waals surface area contributed by atoms with Crippen LogP contribution in [0.4, 0.5) is 0 Å². The second kappa shape index (κ2) is 3.75. The van der Waals surface area contributed by atoms with Crippen molar-refractivity contribution in [2.45, 2.75) is 6.92 Å². The maximum Gasteiger partial charge on any atom is 0.284 e. The molecule has 2 N–H and O–H groups in total. The molecular weight excluding hydrogens is 274 g/mol. The summed E-state index contributed by atoms with van der Waals surface area (Å²) in [7, 11) is 0. The molecule has 4 nitrogen and oxygen atoms in total. The third kappa shape index (κ3) is 1.74. The predicted octanol–water partition coefficient (Wildman–Crippen LogP) is 1.96. The van der Waals surface area contributed by atoms with Crippen LogP contribution in [0.5, 0.6) is 0 Å². The normalized spacial score (nSPS) is 10.6. The van der Waals surface area contributed by atoms with Gasteiger partial charge in [-0.1, -0.05) is 0 Å². The van der Waals surface area contributed by atoms with Gasteiger partial charge in [0.1, 0.15) is 0 Å². The average molecular weight is 282 g/mol. The van der Waals surface area contributed by atoms with E-state index in [1.807, 2.05) is 6.92 Å². The van der Waals surface area contributed by atoms with Gasteiger partial charge < -0.3 is 10.2 Å². The van der Waals surface area contributed by atoms with E-state index in [0.717, 1.165) is 11.6 Å². The number of rotatable bonds is 1. The summed E-state index contributed by atoms with van der Waals surface area (Å²) in [6, 6.07) is 4.61. The van der Waals surface area contributed by atoms with Crippen LogP contribution in [0.15, 0.2) is 31.9 Å². The van der Waals surface area contributed by atoms with Gasteiger partial charge in [0.2, 0.25) is 0 Å². The number of hydrogen-bond donors (Lipinski definition) is 1. The van der Waals surface area contributed by atoms with Gasteiger partial charge >= 0.3 is 0 Å². The molecule has 16 heavy (non-hydrogen) atoms. The monoisotopic (exact) mass is 281 g/mol. The molecule has 0 saturated carbocycles. The van der Waals surface area contributed by atoms with Crippen LogP contribution < -0.4 is 11.2 Å². The summed E-state index contributed by atoms with van der Waals surface area (Å²) < 4.78 is 5.90. The zero-order chi connectivity index (χ0) is 11.9. The molecule has 1 aromatic carbocycles. The minimum absolute atomic E-state index is 0.137. The first kappa shape index (κ1) is 10.9. The topological polar surface area (TPSA) is 73.3 Å². The molecule has 1 aromatic heterocycles. The van der Waals surface area contributed by atoms with Crippen molar-refractivity contribution in [1.82, 2.24) is 0 Å². The van der Waals surface area contributed by atoms with Crippen molar-refractivity contribution in [2.24, 2.45) is 5.73 Å². The van der Waals surface area contributed by atoms with Crippen LogP contribution in [0.2, 0.25) is 0 Å². The lowest BCUT2D eigenvalue weighted by molar-refractivity contribution is 0.0974. The maximum atomic E-state index is 11.7. The molecule has 1 heterocycles. The van der Waals surface area contributed by atoms with Crippen LogP contribution in [-0.4, -0.2) is 5.91 Å². The Bertz CT molecular complexity index is 645. The lowest BCUT2D eigenvalue weighted by atomic mass is 10.1. The summed E-state index contributed by atoms with van der Waals surface area (Å²) in [6.07, 6.45) is 0. The highest BCUT2D eigenvalue weighted by molar-refractivity contribution is 9.10. The van der Waals surface area contributed by atoms with Gasteiger partial charge in [-0.3, -0.25) is 9.59 Å². The Kier molecular flexibility index (Phi) is 2.55. The van der Waals surface area contributed by atoms with Crippen LogP contribution >= 0.6 is 15.9 Å². The van der Waals surface area contributed by atoms with Gasteiger partial charge in [0.05, 0.1) is 9.86 Å². The minimum atomic E-state index is -0.758. The Morgan fingerprint density at radius 1 is 1.38 bits per heavy atom. The zero-order valence-electron chi connectivity index (χ0n) is 8.41. The van der Waals surface area contributed by atoms with Gasteiger partial charge in [0, 0.05) is 6.07 Å². The summed E-state index contributed by atoms with van der Waals surface area (Å²) in [5.41, 5.74) is 6.06. The molecule has 82 valence electrons. The Hall–Kier alpha value is -1.62. The van der Waals surface area contributed by atoms with E-state index in [1.54, 1.807) is 12.1 Å². The molecule has 0 fully saturated rings. The SMILES string of the molecule is Cc1cc(Br)c2oc(C(N)=O)cc(=O)c2c1. The van der Waals surface area contributed by atoms with E-state index in [2.05, 4.69) is 15.9 Å². The molecule has 2 aromatic rings. The van der Waals surface area contributed by atoms with Crippen molar-refractivity contribution in [2.75, 3.05) is 0 Å². The fourth-order valence-corrected chi connectivity index (χ4v) is 2.13. The van der Waals surface area contributed by atoms with Crippen LogP contribution in [0, 0.1) is 6.92 Å². The average Bonchev–Trinajstić information content (AvgIpc) is 2.19. The highest BCUT2D eigenvalue weighted by Crippen LogP contribution is 2.24. The van der Waals surface area contributed by atoms with Crippen LogP contribution in [0.25, 0.3) is 11.0 Å². The fourth-order valence-electron chi connectivity index (χ4n) is 1.47. The third-order valence-electron chi connectivity index (χ3n) is 2.17. The van der Waals surface area contributed by atoms with E-state index in [9.17, 15) is 9.59 Å². The molecule has 2 rings (SSSR count).